The van der Waals surface area contributed by atoms with E-state index in [0.29, 0.717) is 10.7 Å². The quantitative estimate of drug-likeness (QED) is 0.440. The van der Waals surface area contributed by atoms with Gasteiger partial charge in [-0.15, -0.1) is 0 Å². The Morgan fingerprint density at radius 3 is 3.15 bits per heavy atom. The molecule has 0 atom stereocenters. The molecular weight excluding hydrogens is 190 g/mol. The fourth-order valence-electron chi connectivity index (χ4n) is 0.687. The molecule has 1 amide bonds. The SMILES string of the molecule is CC(=O)N/N=C/c1cccnc1Cl. The summed E-state index contributed by atoms with van der Waals surface area (Å²) in [5.74, 6) is -0.226. The van der Waals surface area contributed by atoms with Gasteiger partial charge in [0.05, 0.1) is 6.21 Å². The first-order chi connectivity index (χ1) is 6.20. The van der Waals surface area contributed by atoms with Gasteiger partial charge in [0.2, 0.25) is 5.91 Å². The number of carbonyl (C=O) groups is 1. The first-order valence-electron chi connectivity index (χ1n) is 3.60. The number of halogens is 1. The predicted molar refractivity (Wildman–Crippen MR) is 50.7 cm³/mol. The van der Waals surface area contributed by atoms with Gasteiger partial charge in [-0.05, 0) is 12.1 Å². The van der Waals surface area contributed by atoms with E-state index in [1.807, 2.05) is 0 Å². The highest BCUT2D eigenvalue weighted by Crippen LogP contribution is 2.07. The van der Waals surface area contributed by atoms with Gasteiger partial charge < -0.3 is 0 Å². The lowest BCUT2D eigenvalue weighted by molar-refractivity contribution is -0.118. The Balaban J connectivity index is 2.68. The monoisotopic (exact) mass is 197 g/mol. The van der Waals surface area contributed by atoms with Crippen LogP contribution in [0.5, 0.6) is 0 Å². The van der Waals surface area contributed by atoms with E-state index in [1.54, 1.807) is 18.3 Å². The van der Waals surface area contributed by atoms with Crippen LogP contribution in [0, 0.1) is 0 Å². The van der Waals surface area contributed by atoms with Crippen molar-refractivity contribution in [3.63, 3.8) is 0 Å². The van der Waals surface area contributed by atoms with Crippen LogP contribution >= 0.6 is 11.6 Å². The summed E-state index contributed by atoms with van der Waals surface area (Å²) in [7, 11) is 0. The molecule has 0 aliphatic heterocycles. The topological polar surface area (TPSA) is 54.4 Å². The molecule has 13 heavy (non-hydrogen) atoms. The van der Waals surface area contributed by atoms with Gasteiger partial charge in [0.15, 0.2) is 0 Å². The molecule has 1 heterocycles. The Morgan fingerprint density at radius 2 is 2.54 bits per heavy atom. The van der Waals surface area contributed by atoms with E-state index in [1.165, 1.54) is 13.1 Å². The molecule has 68 valence electrons. The molecule has 0 unspecified atom stereocenters. The van der Waals surface area contributed by atoms with Crippen molar-refractivity contribution in [2.45, 2.75) is 6.92 Å². The standard InChI is InChI=1S/C8H8ClN3O/c1-6(13)12-11-5-7-3-2-4-10-8(7)9/h2-5H,1H3,(H,12,13)/b11-5+. The zero-order chi connectivity index (χ0) is 9.68. The van der Waals surface area contributed by atoms with E-state index in [-0.39, 0.29) is 5.91 Å². The lowest BCUT2D eigenvalue weighted by atomic mass is 10.3. The van der Waals surface area contributed by atoms with Crippen LogP contribution in [-0.2, 0) is 4.79 Å². The molecule has 1 N–H and O–H groups in total. The second kappa shape index (κ2) is 4.57. The Morgan fingerprint density at radius 1 is 1.77 bits per heavy atom. The maximum Gasteiger partial charge on any atom is 0.236 e. The molecular formula is C8H8ClN3O. The number of nitrogens with zero attached hydrogens (tertiary/aromatic N) is 2. The molecule has 0 radical (unpaired) electrons. The molecule has 0 aromatic carbocycles. The second-order valence-corrected chi connectivity index (χ2v) is 2.67. The van der Waals surface area contributed by atoms with Crippen LogP contribution in [0.3, 0.4) is 0 Å². The van der Waals surface area contributed by atoms with E-state index in [9.17, 15) is 4.79 Å². The number of aromatic nitrogens is 1. The Bertz CT molecular complexity index is 338. The zero-order valence-electron chi connectivity index (χ0n) is 6.99. The molecule has 1 aromatic rings. The maximum atomic E-state index is 10.4. The first kappa shape index (κ1) is 9.67. The summed E-state index contributed by atoms with van der Waals surface area (Å²) in [4.78, 5) is 14.3. The van der Waals surface area contributed by atoms with Gasteiger partial charge in [-0.2, -0.15) is 5.10 Å². The molecule has 0 spiro atoms. The van der Waals surface area contributed by atoms with Crippen molar-refractivity contribution in [2.75, 3.05) is 0 Å². The van der Waals surface area contributed by atoms with Crippen molar-refractivity contribution >= 4 is 23.7 Å². The smallest absolute Gasteiger partial charge is 0.236 e. The average molecular weight is 198 g/mol. The lowest BCUT2D eigenvalue weighted by Crippen LogP contribution is -2.12. The molecule has 0 fully saturated rings. The van der Waals surface area contributed by atoms with Crippen molar-refractivity contribution in [1.29, 1.82) is 0 Å². The minimum Gasteiger partial charge on any atom is -0.274 e. The number of hydrogen-bond donors (Lipinski definition) is 1. The van der Waals surface area contributed by atoms with E-state index in [2.05, 4.69) is 15.5 Å². The van der Waals surface area contributed by atoms with E-state index >= 15 is 0 Å². The lowest BCUT2D eigenvalue weighted by Gasteiger charge is -1.94. The maximum absolute atomic E-state index is 10.4. The molecule has 0 aliphatic carbocycles. The van der Waals surface area contributed by atoms with Gasteiger partial charge in [0.1, 0.15) is 5.15 Å². The summed E-state index contributed by atoms with van der Waals surface area (Å²) in [6.07, 6.45) is 3.02. The molecule has 0 saturated heterocycles. The van der Waals surface area contributed by atoms with Crippen molar-refractivity contribution in [2.24, 2.45) is 5.10 Å². The molecule has 5 heteroatoms. The van der Waals surface area contributed by atoms with Crippen LogP contribution in [0.25, 0.3) is 0 Å². The van der Waals surface area contributed by atoms with E-state index in [4.69, 9.17) is 11.6 Å². The highest BCUT2D eigenvalue weighted by molar-refractivity contribution is 6.31. The fourth-order valence-corrected chi connectivity index (χ4v) is 0.856. The van der Waals surface area contributed by atoms with Crippen LogP contribution in [0.1, 0.15) is 12.5 Å². The van der Waals surface area contributed by atoms with Crippen LogP contribution in [0.2, 0.25) is 5.15 Å². The number of pyridine rings is 1. The highest BCUT2D eigenvalue weighted by atomic mass is 35.5. The van der Waals surface area contributed by atoms with Gasteiger partial charge in [-0.1, -0.05) is 11.6 Å². The number of rotatable bonds is 2. The Hall–Kier alpha value is -1.42. The molecule has 1 rings (SSSR count). The molecule has 0 bridgehead atoms. The Labute approximate surface area is 80.6 Å². The molecule has 0 aliphatic rings. The largest absolute Gasteiger partial charge is 0.274 e. The van der Waals surface area contributed by atoms with Crippen LogP contribution in [-0.4, -0.2) is 17.1 Å². The number of nitrogens with one attached hydrogen (secondary N) is 1. The summed E-state index contributed by atoms with van der Waals surface area (Å²) in [5.41, 5.74) is 2.93. The van der Waals surface area contributed by atoms with E-state index < -0.39 is 0 Å². The highest BCUT2D eigenvalue weighted by Gasteiger charge is 1.95. The number of carbonyl (C=O) groups excluding carboxylic acids is 1. The average Bonchev–Trinajstić information content (AvgIpc) is 2.08. The van der Waals surface area contributed by atoms with E-state index in [0.717, 1.165) is 0 Å². The minimum atomic E-state index is -0.226. The van der Waals surface area contributed by atoms with Crippen LogP contribution < -0.4 is 5.43 Å². The van der Waals surface area contributed by atoms with Gasteiger partial charge >= 0.3 is 0 Å². The summed E-state index contributed by atoms with van der Waals surface area (Å²) < 4.78 is 0. The molecule has 1 aromatic heterocycles. The second-order valence-electron chi connectivity index (χ2n) is 2.31. The number of amides is 1. The summed E-state index contributed by atoms with van der Waals surface area (Å²) in [6, 6.07) is 3.49. The minimum absolute atomic E-state index is 0.226. The van der Waals surface area contributed by atoms with Gasteiger partial charge in [0, 0.05) is 18.7 Å². The summed E-state index contributed by atoms with van der Waals surface area (Å²) in [6.45, 7) is 1.38. The van der Waals surface area contributed by atoms with Gasteiger partial charge in [-0.25, -0.2) is 10.4 Å². The zero-order valence-corrected chi connectivity index (χ0v) is 7.75. The van der Waals surface area contributed by atoms with Crippen LogP contribution in [0.4, 0.5) is 0 Å². The Kier molecular flexibility index (Phi) is 3.40. The summed E-state index contributed by atoms with van der Waals surface area (Å²) in [5, 5.41) is 4.01. The third kappa shape index (κ3) is 3.21. The number of hydrazone groups is 1. The van der Waals surface area contributed by atoms with Crippen molar-refractivity contribution in [3.8, 4) is 0 Å². The third-order valence-corrected chi connectivity index (χ3v) is 1.53. The molecule has 0 saturated carbocycles. The third-order valence-electron chi connectivity index (χ3n) is 1.21. The first-order valence-corrected chi connectivity index (χ1v) is 3.98. The molecule has 4 nitrogen and oxygen atoms in total. The van der Waals surface area contributed by atoms with Crippen molar-refractivity contribution in [1.82, 2.24) is 10.4 Å². The number of hydrogen-bond acceptors (Lipinski definition) is 3. The van der Waals surface area contributed by atoms with Crippen LogP contribution in [0.15, 0.2) is 23.4 Å². The van der Waals surface area contributed by atoms with Crippen molar-refractivity contribution < 1.29 is 4.79 Å². The van der Waals surface area contributed by atoms with Crippen molar-refractivity contribution in [3.05, 3.63) is 29.0 Å². The van der Waals surface area contributed by atoms with Gasteiger partial charge in [-0.3, -0.25) is 4.79 Å². The predicted octanol–water partition coefficient (Wildman–Crippen LogP) is 1.21. The fraction of sp³-hybridized carbons (Fsp3) is 0.125. The summed E-state index contributed by atoms with van der Waals surface area (Å²) >= 11 is 5.72. The van der Waals surface area contributed by atoms with Gasteiger partial charge in [0.25, 0.3) is 0 Å². The normalized spacial score (nSPS) is 10.3.